The van der Waals surface area contributed by atoms with Crippen molar-refractivity contribution < 1.29 is 19.1 Å². The van der Waals surface area contributed by atoms with Crippen molar-refractivity contribution >= 4 is 28.9 Å². The molecule has 11 heteroatoms. The van der Waals surface area contributed by atoms with Gasteiger partial charge in [-0.05, 0) is 51.3 Å². The van der Waals surface area contributed by atoms with E-state index in [1.165, 1.54) is 4.57 Å². The van der Waals surface area contributed by atoms with E-state index in [1.54, 1.807) is 16.5 Å². The molecule has 0 saturated carbocycles. The highest BCUT2D eigenvalue weighted by molar-refractivity contribution is 6.00. The third kappa shape index (κ3) is 5.35. The van der Waals surface area contributed by atoms with Crippen molar-refractivity contribution in [2.75, 3.05) is 45.8 Å². The first-order valence-corrected chi connectivity index (χ1v) is 13.5. The topological polar surface area (TPSA) is 109 Å². The van der Waals surface area contributed by atoms with Crippen LogP contribution in [0.3, 0.4) is 0 Å². The molecule has 0 bridgehead atoms. The van der Waals surface area contributed by atoms with E-state index in [1.807, 2.05) is 39.0 Å². The fourth-order valence-electron chi connectivity index (χ4n) is 5.60. The largest absolute Gasteiger partial charge is 0.444 e. The van der Waals surface area contributed by atoms with E-state index >= 15 is 0 Å². The van der Waals surface area contributed by atoms with Gasteiger partial charge in [0.15, 0.2) is 0 Å². The molecule has 1 N–H and O–H groups in total. The Labute approximate surface area is 222 Å². The third-order valence-electron chi connectivity index (χ3n) is 7.83. The third-order valence-corrected chi connectivity index (χ3v) is 7.83. The first-order chi connectivity index (χ1) is 18.0. The van der Waals surface area contributed by atoms with Crippen molar-refractivity contribution in [1.82, 2.24) is 29.2 Å². The zero-order chi connectivity index (χ0) is 27.2. The minimum absolute atomic E-state index is 0.227. The van der Waals surface area contributed by atoms with Crippen LogP contribution in [-0.4, -0.2) is 99.2 Å². The molecular formula is C27H38N6O5. The van der Waals surface area contributed by atoms with Crippen LogP contribution in [-0.2, 0) is 27.8 Å². The molecule has 3 saturated heterocycles. The van der Waals surface area contributed by atoms with Crippen molar-refractivity contribution in [1.29, 1.82) is 0 Å². The number of rotatable bonds is 5. The fraction of sp³-hybridized carbons (Fsp3) is 0.630. The summed E-state index contributed by atoms with van der Waals surface area (Å²) in [5.41, 5.74) is 1.93. The van der Waals surface area contributed by atoms with E-state index in [9.17, 15) is 19.2 Å². The number of carbonyl (C=O) groups is 3. The number of nitrogens with one attached hydrogen (secondary N) is 1. The number of likely N-dealkylation sites (tertiary alicyclic amines) is 1. The Balaban J connectivity index is 1.14. The molecule has 206 valence electrons. The predicted octanol–water partition coefficient (Wildman–Crippen LogP) is 1.10. The lowest BCUT2D eigenvalue weighted by atomic mass is 10.1. The number of nitrogens with zero attached hydrogens (tertiary/aromatic N) is 5. The summed E-state index contributed by atoms with van der Waals surface area (Å²) in [6.45, 7) is 12.0. The summed E-state index contributed by atoms with van der Waals surface area (Å²) < 4.78 is 8.56. The lowest BCUT2D eigenvalue weighted by Crippen LogP contribution is -2.64. The molecule has 3 aliphatic heterocycles. The monoisotopic (exact) mass is 526 g/mol. The first-order valence-electron chi connectivity index (χ1n) is 13.5. The van der Waals surface area contributed by atoms with Crippen LogP contribution < -0.4 is 11.0 Å². The van der Waals surface area contributed by atoms with Crippen molar-refractivity contribution in [3.05, 3.63) is 34.2 Å². The number of amides is 3. The van der Waals surface area contributed by atoms with Gasteiger partial charge in [0.05, 0.1) is 11.0 Å². The maximum atomic E-state index is 13.0. The van der Waals surface area contributed by atoms with Crippen molar-refractivity contribution in [2.24, 2.45) is 7.05 Å². The van der Waals surface area contributed by atoms with Gasteiger partial charge in [0.2, 0.25) is 11.8 Å². The highest BCUT2D eigenvalue weighted by atomic mass is 16.6. The molecule has 1 aromatic carbocycles. The zero-order valence-corrected chi connectivity index (χ0v) is 22.7. The Morgan fingerprint density at radius 3 is 2.42 bits per heavy atom. The molecule has 2 aromatic rings. The number of hydrogen-bond acceptors (Lipinski definition) is 7. The van der Waals surface area contributed by atoms with Gasteiger partial charge < -0.3 is 14.5 Å². The minimum atomic E-state index is -0.669. The van der Waals surface area contributed by atoms with Gasteiger partial charge in [0.25, 0.3) is 0 Å². The maximum absolute atomic E-state index is 13.0. The Bertz CT molecular complexity index is 1290. The molecule has 11 nitrogen and oxygen atoms in total. The van der Waals surface area contributed by atoms with Crippen LogP contribution in [0.15, 0.2) is 23.0 Å². The van der Waals surface area contributed by atoms with E-state index < -0.39 is 17.6 Å². The van der Waals surface area contributed by atoms with Gasteiger partial charge in [-0.3, -0.25) is 28.9 Å². The van der Waals surface area contributed by atoms with Crippen LogP contribution in [0.2, 0.25) is 0 Å². The molecule has 3 fully saturated rings. The van der Waals surface area contributed by atoms with Gasteiger partial charge in [-0.15, -0.1) is 0 Å². The van der Waals surface area contributed by atoms with Crippen LogP contribution >= 0.6 is 0 Å². The number of piperazine rings is 1. The number of aryl methyl sites for hydroxylation is 1. The SMILES string of the molecule is Cn1c(=O)n(C2CCC(=O)NC2=O)c2ccc(CCN3CCN(C4CN(C(=O)OC(C)(C)C)C4)CC3)cc21. The minimum Gasteiger partial charge on any atom is -0.444 e. The van der Waals surface area contributed by atoms with Crippen LogP contribution in [0.5, 0.6) is 0 Å². The number of imidazole rings is 1. The zero-order valence-electron chi connectivity index (χ0n) is 22.7. The molecule has 1 aromatic heterocycles. The van der Waals surface area contributed by atoms with Gasteiger partial charge in [-0.1, -0.05) is 6.07 Å². The molecule has 1 atom stereocenters. The number of ether oxygens (including phenoxy) is 1. The Kier molecular flexibility index (Phi) is 7.08. The van der Waals surface area contributed by atoms with Gasteiger partial charge in [-0.25, -0.2) is 9.59 Å². The molecule has 3 amide bonds. The van der Waals surface area contributed by atoms with Crippen molar-refractivity contribution in [2.45, 2.75) is 57.7 Å². The van der Waals surface area contributed by atoms with E-state index in [2.05, 4.69) is 15.1 Å². The van der Waals surface area contributed by atoms with Gasteiger partial charge in [0, 0.05) is 65.3 Å². The normalized spacial score (nSPS) is 22.0. The second-order valence-electron chi connectivity index (χ2n) is 11.7. The molecule has 0 spiro atoms. The highest BCUT2D eigenvalue weighted by Gasteiger charge is 2.38. The number of piperidine rings is 1. The molecule has 5 rings (SSSR count). The number of fused-ring (bicyclic) bond motifs is 1. The standard InChI is InChI=1S/C27H38N6O5/c1-27(2,3)38-26(37)32-16-19(17-32)31-13-11-30(12-14-31)10-9-18-5-6-20-22(15-18)29(4)25(36)33(20)21-7-8-23(34)28-24(21)35/h5-6,15,19,21H,7-14,16-17H2,1-4H3,(H,28,34,35). The van der Waals surface area contributed by atoms with E-state index in [0.717, 1.165) is 63.3 Å². The van der Waals surface area contributed by atoms with E-state index in [0.29, 0.717) is 18.0 Å². The number of carbonyl (C=O) groups excluding carboxylic acids is 3. The molecule has 0 radical (unpaired) electrons. The molecule has 3 aliphatic rings. The highest BCUT2D eigenvalue weighted by Crippen LogP contribution is 2.24. The van der Waals surface area contributed by atoms with Crippen LogP contribution in [0.1, 0.15) is 45.2 Å². The maximum Gasteiger partial charge on any atom is 0.410 e. The lowest BCUT2D eigenvalue weighted by molar-refractivity contribution is -0.135. The number of aromatic nitrogens is 2. The van der Waals surface area contributed by atoms with Crippen molar-refractivity contribution in [3.8, 4) is 0 Å². The second kappa shape index (κ2) is 10.2. The average molecular weight is 527 g/mol. The summed E-state index contributed by atoms with van der Waals surface area (Å²) in [4.78, 5) is 55.8. The summed E-state index contributed by atoms with van der Waals surface area (Å²) in [6, 6.07) is 5.72. The Morgan fingerprint density at radius 1 is 1.05 bits per heavy atom. The smallest absolute Gasteiger partial charge is 0.410 e. The molecule has 1 unspecified atom stereocenters. The van der Waals surface area contributed by atoms with Gasteiger partial charge in [0.1, 0.15) is 11.6 Å². The van der Waals surface area contributed by atoms with Crippen LogP contribution in [0, 0.1) is 0 Å². The Morgan fingerprint density at radius 2 is 1.76 bits per heavy atom. The van der Waals surface area contributed by atoms with Gasteiger partial charge in [-0.2, -0.15) is 0 Å². The van der Waals surface area contributed by atoms with E-state index in [4.69, 9.17) is 4.74 Å². The van der Waals surface area contributed by atoms with Crippen LogP contribution in [0.4, 0.5) is 4.79 Å². The van der Waals surface area contributed by atoms with Crippen LogP contribution in [0.25, 0.3) is 11.0 Å². The number of benzene rings is 1. The fourth-order valence-corrected chi connectivity index (χ4v) is 5.60. The predicted molar refractivity (Wildman–Crippen MR) is 142 cm³/mol. The Hall–Kier alpha value is -3.18. The number of imide groups is 1. The summed E-state index contributed by atoms with van der Waals surface area (Å²) in [6.07, 6.45) is 1.20. The lowest BCUT2D eigenvalue weighted by Gasteiger charge is -2.48. The first kappa shape index (κ1) is 26.4. The molecular weight excluding hydrogens is 488 g/mol. The number of hydrogen-bond donors (Lipinski definition) is 1. The van der Waals surface area contributed by atoms with Crippen molar-refractivity contribution in [3.63, 3.8) is 0 Å². The molecule has 38 heavy (non-hydrogen) atoms. The van der Waals surface area contributed by atoms with E-state index in [-0.39, 0.29) is 24.1 Å². The second-order valence-corrected chi connectivity index (χ2v) is 11.7. The molecule has 0 aliphatic carbocycles. The summed E-state index contributed by atoms with van der Waals surface area (Å²) >= 11 is 0. The summed E-state index contributed by atoms with van der Waals surface area (Å²) in [5.74, 6) is -0.711. The summed E-state index contributed by atoms with van der Waals surface area (Å²) in [5, 5.41) is 2.35. The molecule has 4 heterocycles. The van der Waals surface area contributed by atoms with Gasteiger partial charge >= 0.3 is 11.8 Å². The summed E-state index contributed by atoms with van der Waals surface area (Å²) in [7, 11) is 1.72. The average Bonchev–Trinajstić information content (AvgIpc) is 3.06. The quantitative estimate of drug-likeness (QED) is 0.581.